The molecule has 0 atom stereocenters. The zero-order valence-corrected chi connectivity index (χ0v) is 12.2. The van der Waals surface area contributed by atoms with Gasteiger partial charge in [-0.1, -0.05) is 28.1 Å². The van der Waals surface area contributed by atoms with E-state index in [0.29, 0.717) is 13.1 Å². The molecule has 1 aliphatic rings. The van der Waals surface area contributed by atoms with E-state index in [4.69, 9.17) is 9.47 Å². The Morgan fingerprint density at radius 3 is 2.50 bits per heavy atom. The summed E-state index contributed by atoms with van der Waals surface area (Å²) in [4.78, 5) is 0. The fraction of sp³-hybridized carbons (Fsp3) is 0.200. The van der Waals surface area contributed by atoms with Crippen molar-refractivity contribution in [2.24, 2.45) is 0 Å². The molecule has 0 aromatic heterocycles. The summed E-state index contributed by atoms with van der Waals surface area (Å²) >= 11 is 3.52. The summed E-state index contributed by atoms with van der Waals surface area (Å²) in [7, 11) is 0. The maximum atomic E-state index is 12.8. The molecule has 0 saturated carbocycles. The quantitative estimate of drug-likeness (QED) is 0.924. The van der Waals surface area contributed by atoms with Crippen LogP contribution in [-0.2, 0) is 13.1 Å². The van der Waals surface area contributed by atoms with Gasteiger partial charge < -0.3 is 14.8 Å². The van der Waals surface area contributed by atoms with Gasteiger partial charge in [0.1, 0.15) is 5.82 Å². The molecule has 3 nitrogen and oxygen atoms in total. The Kier molecular flexibility index (Phi) is 3.89. The molecule has 1 aliphatic heterocycles. The van der Waals surface area contributed by atoms with Gasteiger partial charge in [-0.15, -0.1) is 0 Å². The van der Waals surface area contributed by atoms with Gasteiger partial charge in [0.25, 0.3) is 0 Å². The smallest absolute Gasteiger partial charge is 0.231 e. The second kappa shape index (κ2) is 5.81. The first kappa shape index (κ1) is 13.4. The molecule has 0 amide bonds. The largest absolute Gasteiger partial charge is 0.454 e. The molecule has 1 heterocycles. The zero-order valence-electron chi connectivity index (χ0n) is 10.7. The standard InChI is InChI=1S/C15H13BrFNO2/c16-13-6-15-14(19-9-20-15)5-11(13)8-18-7-10-1-3-12(17)4-2-10/h1-6,18H,7-9H2. The zero-order chi connectivity index (χ0) is 13.9. The highest BCUT2D eigenvalue weighted by molar-refractivity contribution is 9.10. The van der Waals surface area contributed by atoms with E-state index in [0.717, 1.165) is 27.1 Å². The predicted octanol–water partition coefficient (Wildman–Crippen LogP) is 3.61. The summed E-state index contributed by atoms with van der Waals surface area (Å²) in [6, 6.07) is 10.4. The molecule has 1 N–H and O–H groups in total. The van der Waals surface area contributed by atoms with Crippen LogP contribution in [0.25, 0.3) is 0 Å². The minimum Gasteiger partial charge on any atom is -0.454 e. The van der Waals surface area contributed by atoms with Gasteiger partial charge in [0.15, 0.2) is 11.5 Å². The number of nitrogens with one attached hydrogen (secondary N) is 1. The molecule has 5 heteroatoms. The molecule has 2 aromatic rings. The number of hydrogen-bond acceptors (Lipinski definition) is 3. The molecule has 3 rings (SSSR count). The summed E-state index contributed by atoms with van der Waals surface area (Å²) in [6.07, 6.45) is 0. The lowest BCUT2D eigenvalue weighted by atomic mass is 10.2. The van der Waals surface area contributed by atoms with Gasteiger partial charge in [0, 0.05) is 17.6 Å². The van der Waals surface area contributed by atoms with Crippen LogP contribution in [0.1, 0.15) is 11.1 Å². The molecule has 0 radical (unpaired) electrons. The van der Waals surface area contributed by atoms with Gasteiger partial charge in [-0.2, -0.15) is 0 Å². The van der Waals surface area contributed by atoms with Crippen LogP contribution in [-0.4, -0.2) is 6.79 Å². The van der Waals surface area contributed by atoms with Crippen LogP contribution in [0.15, 0.2) is 40.9 Å². The predicted molar refractivity (Wildman–Crippen MR) is 77.2 cm³/mol. The lowest BCUT2D eigenvalue weighted by Gasteiger charge is -2.08. The van der Waals surface area contributed by atoms with Gasteiger partial charge in [0.05, 0.1) is 0 Å². The molecule has 0 aliphatic carbocycles. The highest BCUT2D eigenvalue weighted by Crippen LogP contribution is 2.36. The first-order valence-electron chi connectivity index (χ1n) is 6.25. The Morgan fingerprint density at radius 1 is 1.05 bits per heavy atom. The van der Waals surface area contributed by atoms with E-state index in [9.17, 15) is 4.39 Å². The first-order chi connectivity index (χ1) is 9.72. The first-order valence-corrected chi connectivity index (χ1v) is 7.05. The number of benzene rings is 2. The number of rotatable bonds is 4. The SMILES string of the molecule is Fc1ccc(CNCc2cc3c(cc2Br)OCO3)cc1. The van der Waals surface area contributed by atoms with Crippen LogP contribution in [0.4, 0.5) is 4.39 Å². The Labute approximate surface area is 124 Å². The summed E-state index contributed by atoms with van der Waals surface area (Å²) in [6.45, 7) is 1.64. The molecule has 20 heavy (non-hydrogen) atoms. The highest BCUT2D eigenvalue weighted by Gasteiger charge is 2.15. The second-order valence-corrected chi connectivity index (χ2v) is 5.38. The lowest BCUT2D eigenvalue weighted by Crippen LogP contribution is -2.13. The van der Waals surface area contributed by atoms with E-state index < -0.39 is 0 Å². The van der Waals surface area contributed by atoms with E-state index in [1.807, 2.05) is 12.1 Å². The Morgan fingerprint density at radius 2 is 1.75 bits per heavy atom. The lowest BCUT2D eigenvalue weighted by molar-refractivity contribution is 0.174. The van der Waals surface area contributed by atoms with Crippen LogP contribution < -0.4 is 14.8 Å². The topological polar surface area (TPSA) is 30.5 Å². The average Bonchev–Trinajstić information content (AvgIpc) is 2.88. The van der Waals surface area contributed by atoms with Crippen molar-refractivity contribution in [1.29, 1.82) is 0 Å². The number of hydrogen-bond donors (Lipinski definition) is 1. The number of fused-ring (bicyclic) bond motifs is 1. The minimum atomic E-state index is -0.215. The van der Waals surface area contributed by atoms with E-state index in [1.165, 1.54) is 12.1 Å². The normalized spacial score (nSPS) is 12.7. The van der Waals surface area contributed by atoms with Crippen LogP contribution in [0.2, 0.25) is 0 Å². The minimum absolute atomic E-state index is 0.215. The van der Waals surface area contributed by atoms with E-state index in [2.05, 4.69) is 21.2 Å². The maximum Gasteiger partial charge on any atom is 0.231 e. The van der Waals surface area contributed by atoms with Crippen molar-refractivity contribution in [3.8, 4) is 11.5 Å². The number of ether oxygens (including phenoxy) is 2. The highest BCUT2D eigenvalue weighted by atomic mass is 79.9. The van der Waals surface area contributed by atoms with Gasteiger partial charge in [-0.3, -0.25) is 0 Å². The maximum absolute atomic E-state index is 12.8. The van der Waals surface area contributed by atoms with Crippen molar-refractivity contribution in [2.45, 2.75) is 13.1 Å². The van der Waals surface area contributed by atoms with E-state index in [1.54, 1.807) is 12.1 Å². The molecule has 0 unspecified atom stereocenters. The summed E-state index contributed by atoms with van der Waals surface area (Å²) in [5.74, 6) is 1.32. The third-order valence-electron chi connectivity index (χ3n) is 3.10. The number of halogens is 2. The van der Waals surface area contributed by atoms with Gasteiger partial charge in [-0.25, -0.2) is 4.39 Å². The molecular formula is C15H13BrFNO2. The van der Waals surface area contributed by atoms with Gasteiger partial charge >= 0.3 is 0 Å². The van der Waals surface area contributed by atoms with Crippen molar-refractivity contribution < 1.29 is 13.9 Å². The molecule has 0 fully saturated rings. The van der Waals surface area contributed by atoms with Crippen molar-refractivity contribution in [3.05, 3.63) is 57.8 Å². The van der Waals surface area contributed by atoms with Crippen LogP contribution in [0.5, 0.6) is 11.5 Å². The van der Waals surface area contributed by atoms with Crippen molar-refractivity contribution in [2.75, 3.05) is 6.79 Å². The Hall–Kier alpha value is -1.59. The van der Waals surface area contributed by atoms with Gasteiger partial charge in [-0.05, 0) is 35.4 Å². The van der Waals surface area contributed by atoms with Crippen LogP contribution in [0.3, 0.4) is 0 Å². The fourth-order valence-electron chi connectivity index (χ4n) is 2.04. The molecule has 0 saturated heterocycles. The monoisotopic (exact) mass is 337 g/mol. The average molecular weight is 338 g/mol. The molecule has 0 spiro atoms. The van der Waals surface area contributed by atoms with Gasteiger partial charge in [0.2, 0.25) is 6.79 Å². The molecule has 0 bridgehead atoms. The summed E-state index contributed by atoms with van der Waals surface area (Å²) in [5, 5.41) is 3.32. The van der Waals surface area contributed by atoms with Crippen LogP contribution in [0, 0.1) is 5.82 Å². The van der Waals surface area contributed by atoms with Crippen molar-refractivity contribution in [3.63, 3.8) is 0 Å². The Bertz CT molecular complexity index is 616. The van der Waals surface area contributed by atoms with Crippen LogP contribution >= 0.6 is 15.9 Å². The molecule has 2 aromatic carbocycles. The van der Waals surface area contributed by atoms with Crippen molar-refractivity contribution >= 4 is 15.9 Å². The third kappa shape index (κ3) is 2.94. The second-order valence-electron chi connectivity index (χ2n) is 4.53. The third-order valence-corrected chi connectivity index (χ3v) is 3.84. The van der Waals surface area contributed by atoms with E-state index >= 15 is 0 Å². The Balaban J connectivity index is 1.62. The van der Waals surface area contributed by atoms with E-state index in [-0.39, 0.29) is 12.6 Å². The van der Waals surface area contributed by atoms with Crippen molar-refractivity contribution in [1.82, 2.24) is 5.32 Å². The summed E-state index contributed by atoms with van der Waals surface area (Å²) in [5.41, 5.74) is 2.14. The fourth-order valence-corrected chi connectivity index (χ4v) is 2.50. The molecular weight excluding hydrogens is 325 g/mol. The molecule has 104 valence electrons. The summed E-state index contributed by atoms with van der Waals surface area (Å²) < 4.78 is 24.5.